The van der Waals surface area contributed by atoms with E-state index < -0.39 is 11.3 Å². The number of halogens is 2. The predicted molar refractivity (Wildman–Crippen MR) is 89.5 cm³/mol. The second kappa shape index (κ2) is 5.69. The first kappa shape index (κ1) is 15.3. The summed E-state index contributed by atoms with van der Waals surface area (Å²) in [7, 11) is 0. The Hall–Kier alpha value is -2.24. The van der Waals surface area contributed by atoms with Gasteiger partial charge in [0.05, 0.1) is 5.41 Å². The maximum Gasteiger partial charge on any atom is 0.258 e. The molecular weight excluding hydrogens is 310 g/mol. The van der Waals surface area contributed by atoms with E-state index in [4.69, 9.17) is 0 Å². The van der Waals surface area contributed by atoms with E-state index in [1.54, 1.807) is 18.5 Å². The van der Waals surface area contributed by atoms with E-state index in [9.17, 15) is 8.78 Å². The van der Waals surface area contributed by atoms with Crippen LogP contribution in [0.25, 0.3) is 0 Å². The third-order valence-electron chi connectivity index (χ3n) is 5.28. The fourth-order valence-electron chi connectivity index (χ4n) is 3.89. The molecule has 0 saturated carbocycles. The first-order valence-corrected chi connectivity index (χ1v) is 8.30. The standard InChI is InChI=1S/C18H20F2N4/c19-18(20)8-12-23(15-5-2-1-3-6-15)13-17(18)7-11-24(14-17)16-21-9-4-10-22-16/h1-6,9-10H,7-8,11-14H2/t17-/m1/s1. The molecule has 0 unspecified atom stereocenters. The molecule has 0 aliphatic carbocycles. The van der Waals surface area contributed by atoms with Crippen LogP contribution in [0.3, 0.4) is 0 Å². The lowest BCUT2D eigenvalue weighted by atomic mass is 9.75. The van der Waals surface area contributed by atoms with Crippen LogP contribution in [0, 0.1) is 5.41 Å². The van der Waals surface area contributed by atoms with Crippen LogP contribution in [0.4, 0.5) is 20.4 Å². The molecule has 0 bridgehead atoms. The Morgan fingerprint density at radius 2 is 1.50 bits per heavy atom. The van der Waals surface area contributed by atoms with Crippen molar-refractivity contribution in [1.82, 2.24) is 9.97 Å². The molecule has 0 radical (unpaired) electrons. The summed E-state index contributed by atoms with van der Waals surface area (Å²) in [4.78, 5) is 12.4. The molecule has 4 nitrogen and oxygen atoms in total. The molecule has 0 amide bonds. The SMILES string of the molecule is FC1(F)CCN(c2ccccc2)C[C@@]12CCN(c1ncccn1)C2. The molecule has 1 spiro atoms. The van der Waals surface area contributed by atoms with Crippen LogP contribution in [0.15, 0.2) is 48.8 Å². The molecular formula is C18H20F2N4. The molecule has 2 aromatic rings. The van der Waals surface area contributed by atoms with Gasteiger partial charge in [-0.25, -0.2) is 18.7 Å². The summed E-state index contributed by atoms with van der Waals surface area (Å²) < 4.78 is 29.7. The maximum atomic E-state index is 14.8. The molecule has 2 fully saturated rings. The molecule has 6 heteroatoms. The van der Waals surface area contributed by atoms with E-state index in [1.165, 1.54) is 0 Å². The molecule has 0 N–H and O–H groups in total. The number of hydrogen-bond acceptors (Lipinski definition) is 4. The van der Waals surface area contributed by atoms with Crippen molar-refractivity contribution >= 4 is 11.6 Å². The van der Waals surface area contributed by atoms with Crippen LogP contribution in [-0.2, 0) is 0 Å². The number of rotatable bonds is 2. The van der Waals surface area contributed by atoms with Crippen molar-refractivity contribution < 1.29 is 8.78 Å². The zero-order valence-corrected chi connectivity index (χ0v) is 13.4. The fourth-order valence-corrected chi connectivity index (χ4v) is 3.89. The quantitative estimate of drug-likeness (QED) is 0.846. The molecule has 2 aliphatic rings. The second-order valence-electron chi connectivity index (χ2n) is 6.71. The van der Waals surface area contributed by atoms with Crippen LogP contribution in [0.1, 0.15) is 12.8 Å². The maximum absolute atomic E-state index is 14.8. The van der Waals surface area contributed by atoms with Gasteiger partial charge in [0.2, 0.25) is 5.95 Å². The van der Waals surface area contributed by atoms with E-state index in [0.717, 1.165) is 5.69 Å². The number of hydrogen-bond donors (Lipinski definition) is 0. The normalized spacial score (nSPS) is 26.1. The van der Waals surface area contributed by atoms with E-state index in [-0.39, 0.29) is 6.42 Å². The first-order valence-electron chi connectivity index (χ1n) is 8.30. The third-order valence-corrected chi connectivity index (χ3v) is 5.28. The largest absolute Gasteiger partial charge is 0.370 e. The Morgan fingerprint density at radius 3 is 2.25 bits per heavy atom. The summed E-state index contributed by atoms with van der Waals surface area (Å²) in [6.07, 6.45) is 3.66. The molecule has 24 heavy (non-hydrogen) atoms. The smallest absolute Gasteiger partial charge is 0.258 e. The van der Waals surface area contributed by atoms with Crippen molar-refractivity contribution in [3.63, 3.8) is 0 Å². The average Bonchev–Trinajstić information content (AvgIpc) is 3.05. The Labute approximate surface area is 140 Å². The van der Waals surface area contributed by atoms with Gasteiger partial charge in [-0.2, -0.15) is 0 Å². The topological polar surface area (TPSA) is 32.3 Å². The summed E-state index contributed by atoms with van der Waals surface area (Å²) in [5.41, 5.74) is -0.0258. The second-order valence-corrected chi connectivity index (χ2v) is 6.71. The van der Waals surface area contributed by atoms with Gasteiger partial charge >= 0.3 is 0 Å². The lowest BCUT2D eigenvalue weighted by Gasteiger charge is -2.46. The number of para-hydroxylation sites is 1. The van der Waals surface area contributed by atoms with Gasteiger partial charge in [-0.05, 0) is 24.6 Å². The highest BCUT2D eigenvalue weighted by Gasteiger charge is 2.59. The zero-order chi connectivity index (χ0) is 16.6. The molecule has 126 valence electrons. The monoisotopic (exact) mass is 330 g/mol. The minimum absolute atomic E-state index is 0.106. The number of anilines is 2. The van der Waals surface area contributed by atoms with Crippen molar-refractivity contribution in [2.45, 2.75) is 18.8 Å². The minimum Gasteiger partial charge on any atom is -0.370 e. The Kier molecular flexibility index (Phi) is 3.62. The number of alkyl halides is 2. The lowest BCUT2D eigenvalue weighted by Crippen LogP contribution is -2.57. The number of aromatic nitrogens is 2. The van der Waals surface area contributed by atoms with E-state index in [2.05, 4.69) is 14.9 Å². The highest BCUT2D eigenvalue weighted by molar-refractivity contribution is 5.48. The van der Waals surface area contributed by atoms with Crippen molar-refractivity contribution in [2.75, 3.05) is 36.0 Å². The minimum atomic E-state index is -2.66. The lowest BCUT2D eigenvalue weighted by molar-refractivity contribution is -0.124. The van der Waals surface area contributed by atoms with Gasteiger partial charge in [0, 0.05) is 50.7 Å². The van der Waals surface area contributed by atoms with E-state index in [0.29, 0.717) is 38.5 Å². The van der Waals surface area contributed by atoms with E-state index in [1.807, 2.05) is 35.2 Å². The Balaban J connectivity index is 1.60. The van der Waals surface area contributed by atoms with Crippen molar-refractivity contribution in [3.05, 3.63) is 48.8 Å². The Morgan fingerprint density at radius 1 is 0.833 bits per heavy atom. The summed E-state index contributed by atoms with van der Waals surface area (Å²) >= 11 is 0. The van der Waals surface area contributed by atoms with Gasteiger partial charge in [0.1, 0.15) is 0 Å². The van der Waals surface area contributed by atoms with Crippen molar-refractivity contribution in [3.8, 4) is 0 Å². The molecule has 1 atom stereocenters. The molecule has 1 aromatic carbocycles. The molecule has 2 saturated heterocycles. The van der Waals surface area contributed by atoms with Crippen LogP contribution < -0.4 is 9.80 Å². The molecule has 1 aromatic heterocycles. The number of nitrogens with zero attached hydrogens (tertiary/aromatic N) is 4. The highest BCUT2D eigenvalue weighted by atomic mass is 19.3. The fraction of sp³-hybridized carbons (Fsp3) is 0.444. The molecule has 3 heterocycles. The van der Waals surface area contributed by atoms with E-state index >= 15 is 0 Å². The van der Waals surface area contributed by atoms with Crippen molar-refractivity contribution in [1.29, 1.82) is 0 Å². The highest BCUT2D eigenvalue weighted by Crippen LogP contribution is 2.50. The number of benzene rings is 1. The predicted octanol–water partition coefficient (Wildman–Crippen LogP) is 3.22. The van der Waals surface area contributed by atoms with Gasteiger partial charge in [-0.15, -0.1) is 0 Å². The Bertz CT molecular complexity index is 695. The summed E-state index contributed by atoms with van der Waals surface area (Å²) in [5, 5.41) is 0. The summed E-state index contributed by atoms with van der Waals surface area (Å²) in [6, 6.07) is 11.6. The summed E-state index contributed by atoms with van der Waals surface area (Å²) in [5.74, 6) is -2.12. The van der Waals surface area contributed by atoms with Crippen LogP contribution >= 0.6 is 0 Å². The van der Waals surface area contributed by atoms with Crippen LogP contribution in [0.5, 0.6) is 0 Å². The van der Waals surface area contributed by atoms with Gasteiger partial charge in [0.15, 0.2) is 0 Å². The molecule has 2 aliphatic heterocycles. The summed E-state index contributed by atoms with van der Waals surface area (Å²) in [6.45, 7) is 1.63. The van der Waals surface area contributed by atoms with Crippen molar-refractivity contribution in [2.24, 2.45) is 5.41 Å². The van der Waals surface area contributed by atoms with Gasteiger partial charge in [-0.1, -0.05) is 18.2 Å². The van der Waals surface area contributed by atoms with Gasteiger partial charge < -0.3 is 9.80 Å². The van der Waals surface area contributed by atoms with Gasteiger partial charge in [0.25, 0.3) is 5.92 Å². The average molecular weight is 330 g/mol. The van der Waals surface area contributed by atoms with Crippen LogP contribution in [0.2, 0.25) is 0 Å². The molecule has 4 rings (SSSR count). The third kappa shape index (κ3) is 2.50. The first-order chi connectivity index (χ1) is 11.6. The van der Waals surface area contributed by atoms with Gasteiger partial charge in [-0.3, -0.25) is 0 Å². The zero-order valence-electron chi connectivity index (χ0n) is 13.4. The van der Waals surface area contributed by atoms with Crippen LogP contribution in [-0.4, -0.2) is 42.1 Å². The number of piperidine rings is 1.